The SMILES string of the molecule is C=Cc1ccc(C2OC[C@H]3O[C@H](O[C@H]4O[C@@H]5COC(c6ccc(C=C)cc6)O[C@H]5[C@H](O)C4O)[C@H](O)[C@@H](O)[C@@H]3O2)cc1. The Bertz CT molecular complexity index is 1110. The van der Waals surface area contributed by atoms with E-state index >= 15 is 0 Å². The number of fused-ring (bicyclic) bond motifs is 2. The maximum Gasteiger partial charge on any atom is 0.189 e. The van der Waals surface area contributed by atoms with Crippen LogP contribution in [0.2, 0.25) is 0 Å². The van der Waals surface area contributed by atoms with Gasteiger partial charge in [-0.15, -0.1) is 0 Å². The average Bonchev–Trinajstić information content (AvgIpc) is 3.02. The first-order valence-corrected chi connectivity index (χ1v) is 13.5. The fraction of sp³-hybridized carbons (Fsp3) is 0.467. The van der Waals surface area contributed by atoms with Crippen molar-refractivity contribution in [1.82, 2.24) is 0 Å². The van der Waals surface area contributed by atoms with E-state index in [2.05, 4.69) is 13.2 Å². The summed E-state index contributed by atoms with van der Waals surface area (Å²) in [5.74, 6) is 0. The molecule has 41 heavy (non-hydrogen) atoms. The van der Waals surface area contributed by atoms with Gasteiger partial charge in [0.1, 0.15) is 48.8 Å². The molecule has 12 atom stereocenters. The molecule has 11 nitrogen and oxygen atoms in total. The summed E-state index contributed by atoms with van der Waals surface area (Å²) in [6.07, 6.45) is -10.0. The van der Waals surface area contributed by atoms with E-state index < -0.39 is 74.0 Å². The minimum atomic E-state index is -1.54. The van der Waals surface area contributed by atoms with E-state index in [0.717, 1.165) is 22.3 Å². The van der Waals surface area contributed by atoms with Gasteiger partial charge >= 0.3 is 0 Å². The molecule has 0 radical (unpaired) electrons. The van der Waals surface area contributed by atoms with Gasteiger partial charge in [-0.2, -0.15) is 0 Å². The van der Waals surface area contributed by atoms with Gasteiger partial charge in [0.15, 0.2) is 25.2 Å². The predicted octanol–water partition coefficient (Wildman–Crippen LogP) is 1.41. The number of ether oxygens (including phenoxy) is 7. The minimum Gasteiger partial charge on any atom is -0.387 e. The van der Waals surface area contributed by atoms with E-state index in [0.29, 0.717) is 0 Å². The fourth-order valence-electron chi connectivity index (χ4n) is 5.43. The van der Waals surface area contributed by atoms with E-state index in [1.165, 1.54) is 0 Å². The predicted molar refractivity (Wildman–Crippen MR) is 143 cm³/mol. The fourth-order valence-corrected chi connectivity index (χ4v) is 5.43. The molecule has 4 N–H and O–H groups in total. The Kier molecular flexibility index (Phi) is 8.37. The molecule has 11 heteroatoms. The molecular weight excluding hydrogens is 536 g/mol. The van der Waals surface area contributed by atoms with Crippen LogP contribution in [0.3, 0.4) is 0 Å². The van der Waals surface area contributed by atoms with Crippen LogP contribution in [0.1, 0.15) is 34.8 Å². The Morgan fingerprint density at radius 1 is 0.585 bits per heavy atom. The number of hydrogen-bond acceptors (Lipinski definition) is 11. The monoisotopic (exact) mass is 570 g/mol. The van der Waals surface area contributed by atoms with Crippen LogP contribution in [0, 0.1) is 0 Å². The quantitative estimate of drug-likeness (QED) is 0.400. The van der Waals surface area contributed by atoms with Crippen molar-refractivity contribution in [2.75, 3.05) is 13.2 Å². The molecule has 2 aromatic carbocycles. The molecule has 220 valence electrons. The maximum absolute atomic E-state index is 10.9. The van der Waals surface area contributed by atoms with Gasteiger partial charge < -0.3 is 53.6 Å². The van der Waals surface area contributed by atoms with Gasteiger partial charge in [-0.1, -0.05) is 73.8 Å². The highest BCUT2D eigenvalue weighted by Gasteiger charge is 2.54. The summed E-state index contributed by atoms with van der Waals surface area (Å²) in [6.45, 7) is 7.59. The normalized spacial score (nSPS) is 40.7. The lowest BCUT2D eigenvalue weighted by atomic mass is 9.96. The summed E-state index contributed by atoms with van der Waals surface area (Å²) in [7, 11) is 0. The summed E-state index contributed by atoms with van der Waals surface area (Å²) in [6, 6.07) is 14.8. The molecule has 3 unspecified atom stereocenters. The first kappa shape index (κ1) is 28.6. The summed E-state index contributed by atoms with van der Waals surface area (Å²) < 4.78 is 41.0. The molecule has 0 aromatic heterocycles. The molecule has 4 aliphatic heterocycles. The summed E-state index contributed by atoms with van der Waals surface area (Å²) in [5.41, 5.74) is 3.35. The first-order chi connectivity index (χ1) is 19.9. The van der Waals surface area contributed by atoms with Gasteiger partial charge in [0.05, 0.1) is 13.2 Å². The van der Waals surface area contributed by atoms with Gasteiger partial charge in [0.2, 0.25) is 0 Å². The Balaban J connectivity index is 1.07. The molecule has 4 aliphatic rings. The molecule has 0 spiro atoms. The molecule has 0 aliphatic carbocycles. The third-order valence-electron chi connectivity index (χ3n) is 7.82. The van der Waals surface area contributed by atoms with Crippen molar-refractivity contribution in [3.63, 3.8) is 0 Å². The second-order valence-electron chi connectivity index (χ2n) is 10.5. The zero-order valence-electron chi connectivity index (χ0n) is 22.2. The van der Waals surface area contributed by atoms with Crippen molar-refractivity contribution in [2.45, 2.75) is 74.0 Å². The van der Waals surface area contributed by atoms with Gasteiger partial charge in [-0.3, -0.25) is 0 Å². The van der Waals surface area contributed by atoms with Crippen molar-refractivity contribution in [3.05, 3.63) is 83.9 Å². The van der Waals surface area contributed by atoms with Crippen LogP contribution in [-0.4, -0.2) is 95.1 Å². The Labute approximate surface area is 237 Å². The second kappa shape index (κ2) is 12.0. The molecule has 4 saturated heterocycles. The lowest BCUT2D eigenvalue weighted by Crippen LogP contribution is -2.66. The van der Waals surface area contributed by atoms with Crippen LogP contribution in [0.5, 0.6) is 0 Å². The van der Waals surface area contributed by atoms with Crippen LogP contribution in [0.4, 0.5) is 0 Å². The number of benzene rings is 2. The second-order valence-corrected chi connectivity index (χ2v) is 10.5. The van der Waals surface area contributed by atoms with Crippen molar-refractivity contribution < 1.29 is 53.6 Å². The minimum absolute atomic E-state index is 0.0560. The van der Waals surface area contributed by atoms with Crippen LogP contribution in [0.25, 0.3) is 12.2 Å². The van der Waals surface area contributed by atoms with Crippen molar-refractivity contribution in [3.8, 4) is 0 Å². The van der Waals surface area contributed by atoms with E-state index in [1.807, 2.05) is 48.5 Å². The highest BCUT2D eigenvalue weighted by molar-refractivity contribution is 5.48. The van der Waals surface area contributed by atoms with Crippen LogP contribution in [-0.2, 0) is 33.2 Å². The lowest BCUT2D eigenvalue weighted by Gasteiger charge is -2.49. The first-order valence-electron chi connectivity index (χ1n) is 13.5. The smallest absolute Gasteiger partial charge is 0.189 e. The van der Waals surface area contributed by atoms with Gasteiger partial charge in [-0.25, -0.2) is 0 Å². The number of aliphatic hydroxyl groups is 4. The molecule has 0 amide bonds. The van der Waals surface area contributed by atoms with Crippen molar-refractivity contribution in [2.24, 2.45) is 0 Å². The van der Waals surface area contributed by atoms with Crippen molar-refractivity contribution >= 4 is 12.2 Å². The highest BCUT2D eigenvalue weighted by Crippen LogP contribution is 2.38. The number of aliphatic hydroxyl groups excluding tert-OH is 4. The Morgan fingerprint density at radius 3 is 1.34 bits per heavy atom. The highest BCUT2D eigenvalue weighted by atomic mass is 16.8. The third kappa shape index (κ3) is 5.64. The maximum atomic E-state index is 10.9. The third-order valence-corrected chi connectivity index (χ3v) is 7.82. The Morgan fingerprint density at radius 2 is 0.976 bits per heavy atom. The summed E-state index contributed by atoms with van der Waals surface area (Å²) in [4.78, 5) is 0. The molecular formula is C30H34O11. The molecule has 6 rings (SSSR count). The molecule has 0 bridgehead atoms. The number of rotatable bonds is 6. The van der Waals surface area contributed by atoms with E-state index in [-0.39, 0.29) is 13.2 Å². The van der Waals surface area contributed by atoms with E-state index in [1.54, 1.807) is 12.2 Å². The molecule has 0 saturated carbocycles. The van der Waals surface area contributed by atoms with E-state index in [9.17, 15) is 20.4 Å². The standard InChI is InChI=1S/C30H34O11/c1-3-15-5-9-17(10-6-15)27-35-13-19-25(39-27)21(31)23(33)29(37-19)41-30-24(34)22(32)26-20(38-30)14-36-28(40-26)18-11-7-16(4-2)8-12-18/h3-12,19-34H,1-2,13-14H2/t19-,20-,21-,22-,23-,24?,25-,26-,27?,28?,29-,30-/m1/s1. The summed E-state index contributed by atoms with van der Waals surface area (Å²) in [5, 5.41) is 43.4. The molecule has 4 heterocycles. The lowest BCUT2D eigenvalue weighted by molar-refractivity contribution is -0.412. The van der Waals surface area contributed by atoms with E-state index in [4.69, 9.17) is 33.2 Å². The van der Waals surface area contributed by atoms with Crippen LogP contribution < -0.4 is 0 Å². The largest absolute Gasteiger partial charge is 0.387 e. The Hall–Kier alpha value is -2.52. The zero-order chi connectivity index (χ0) is 28.7. The molecule has 2 aromatic rings. The molecule has 4 fully saturated rings. The van der Waals surface area contributed by atoms with Crippen LogP contribution in [0.15, 0.2) is 61.7 Å². The van der Waals surface area contributed by atoms with Crippen LogP contribution >= 0.6 is 0 Å². The summed E-state index contributed by atoms with van der Waals surface area (Å²) >= 11 is 0. The van der Waals surface area contributed by atoms with Gasteiger partial charge in [0.25, 0.3) is 0 Å². The zero-order valence-corrected chi connectivity index (χ0v) is 22.2. The average molecular weight is 571 g/mol. The van der Waals surface area contributed by atoms with Crippen molar-refractivity contribution in [1.29, 1.82) is 0 Å². The topological polar surface area (TPSA) is 146 Å². The number of hydrogen-bond donors (Lipinski definition) is 4. The van der Waals surface area contributed by atoms with Gasteiger partial charge in [-0.05, 0) is 11.1 Å². The van der Waals surface area contributed by atoms with Gasteiger partial charge in [0, 0.05) is 11.1 Å².